The van der Waals surface area contributed by atoms with Gasteiger partial charge in [-0.05, 0) is 46.3 Å². The Morgan fingerprint density at radius 3 is 2.42 bits per heavy atom. The van der Waals surface area contributed by atoms with Crippen molar-refractivity contribution in [1.29, 1.82) is 0 Å². The maximum atomic E-state index is 8.70. The monoisotopic (exact) mass is 319 g/mol. The number of hydrogen-bond donors (Lipinski definition) is 2. The van der Waals surface area contributed by atoms with Crippen LogP contribution in [0.15, 0.2) is 58.2 Å². The van der Waals surface area contributed by atoms with Crippen LogP contribution in [0, 0.1) is 0 Å². The van der Waals surface area contributed by atoms with E-state index in [1.807, 2.05) is 55.6 Å². The van der Waals surface area contributed by atoms with Gasteiger partial charge in [0.2, 0.25) is 0 Å². The van der Waals surface area contributed by atoms with E-state index in [0.717, 1.165) is 15.8 Å². The molecule has 2 aromatic rings. The molecule has 2 rings (SSSR count). The third-order valence-corrected chi connectivity index (χ3v) is 3.52. The Morgan fingerprint density at radius 1 is 1.16 bits per heavy atom. The number of anilines is 2. The van der Waals surface area contributed by atoms with Crippen LogP contribution >= 0.6 is 15.9 Å². The first kappa shape index (κ1) is 13.4. The van der Waals surface area contributed by atoms with Crippen LogP contribution in [0.3, 0.4) is 0 Å². The van der Waals surface area contributed by atoms with Crippen molar-refractivity contribution in [1.82, 2.24) is 0 Å². The van der Waals surface area contributed by atoms with E-state index in [9.17, 15) is 0 Å². The molecular formula is C14H14BrN3O. The van der Waals surface area contributed by atoms with Gasteiger partial charge in [-0.1, -0.05) is 23.4 Å². The van der Waals surface area contributed by atoms with Gasteiger partial charge >= 0.3 is 0 Å². The number of hydrogen-bond acceptors (Lipinski definition) is 3. The van der Waals surface area contributed by atoms with Crippen molar-refractivity contribution >= 4 is 33.1 Å². The summed E-state index contributed by atoms with van der Waals surface area (Å²) in [4.78, 5) is 2.06. The first-order valence-electron chi connectivity index (χ1n) is 5.69. The number of benzene rings is 2. The average Bonchev–Trinajstić information content (AvgIpc) is 2.46. The van der Waals surface area contributed by atoms with Gasteiger partial charge in [0, 0.05) is 28.5 Å². The summed E-state index contributed by atoms with van der Waals surface area (Å²) < 4.78 is 0.781. The highest BCUT2D eigenvalue weighted by Gasteiger charge is 2.09. The molecule has 19 heavy (non-hydrogen) atoms. The quantitative estimate of drug-likeness (QED) is 0.395. The second-order valence-corrected chi connectivity index (χ2v) is 4.90. The molecule has 4 nitrogen and oxygen atoms in total. The number of amidine groups is 1. The van der Waals surface area contributed by atoms with Crippen LogP contribution in [-0.4, -0.2) is 18.1 Å². The summed E-state index contributed by atoms with van der Waals surface area (Å²) in [6, 6.07) is 15.7. The Morgan fingerprint density at radius 2 is 1.84 bits per heavy atom. The van der Waals surface area contributed by atoms with E-state index in [0.29, 0.717) is 5.56 Å². The zero-order chi connectivity index (χ0) is 13.8. The largest absolute Gasteiger partial charge is 0.409 e. The molecule has 0 aliphatic rings. The molecule has 0 aliphatic heterocycles. The van der Waals surface area contributed by atoms with Gasteiger partial charge in [0.15, 0.2) is 5.84 Å². The lowest BCUT2D eigenvalue weighted by atomic mass is 10.1. The van der Waals surface area contributed by atoms with Gasteiger partial charge < -0.3 is 15.8 Å². The third kappa shape index (κ3) is 2.88. The predicted molar refractivity (Wildman–Crippen MR) is 81.2 cm³/mol. The Bertz CT molecular complexity index is 599. The summed E-state index contributed by atoms with van der Waals surface area (Å²) in [6.07, 6.45) is 0. The summed E-state index contributed by atoms with van der Waals surface area (Å²) in [7, 11) is 1.99. The number of nitrogens with two attached hydrogens (primary N) is 1. The van der Waals surface area contributed by atoms with Crippen molar-refractivity contribution in [3.63, 3.8) is 0 Å². The SMILES string of the molecule is CN(c1ccccc1)c1ccc(/C(N)=N/O)c(Br)c1. The molecule has 0 heterocycles. The van der Waals surface area contributed by atoms with Gasteiger partial charge in [0.25, 0.3) is 0 Å². The maximum Gasteiger partial charge on any atom is 0.171 e. The summed E-state index contributed by atoms with van der Waals surface area (Å²) >= 11 is 3.43. The minimum Gasteiger partial charge on any atom is -0.409 e. The van der Waals surface area contributed by atoms with E-state index in [1.165, 1.54) is 0 Å². The van der Waals surface area contributed by atoms with Crippen LogP contribution in [0.25, 0.3) is 0 Å². The number of rotatable bonds is 3. The molecule has 0 bridgehead atoms. The van der Waals surface area contributed by atoms with Crippen molar-refractivity contribution in [2.24, 2.45) is 10.9 Å². The fourth-order valence-electron chi connectivity index (χ4n) is 1.77. The second kappa shape index (κ2) is 5.75. The van der Waals surface area contributed by atoms with Crippen LogP contribution in [-0.2, 0) is 0 Å². The molecule has 0 radical (unpaired) electrons. The highest BCUT2D eigenvalue weighted by Crippen LogP contribution is 2.28. The zero-order valence-corrected chi connectivity index (χ0v) is 12.0. The number of halogens is 1. The van der Waals surface area contributed by atoms with E-state index in [-0.39, 0.29) is 5.84 Å². The molecule has 0 fully saturated rings. The van der Waals surface area contributed by atoms with E-state index < -0.39 is 0 Å². The summed E-state index contributed by atoms with van der Waals surface area (Å²) in [6.45, 7) is 0. The van der Waals surface area contributed by atoms with Gasteiger partial charge in [-0.3, -0.25) is 0 Å². The zero-order valence-electron chi connectivity index (χ0n) is 10.4. The highest BCUT2D eigenvalue weighted by molar-refractivity contribution is 9.10. The van der Waals surface area contributed by atoms with Gasteiger partial charge in [-0.2, -0.15) is 0 Å². The standard InChI is InChI=1S/C14H14BrN3O/c1-18(10-5-3-2-4-6-10)11-7-8-12(13(15)9-11)14(16)17-19/h2-9,19H,1H3,(H2,16,17). The lowest BCUT2D eigenvalue weighted by Crippen LogP contribution is -2.15. The minimum absolute atomic E-state index is 0.0841. The Balaban J connectivity index is 2.35. The van der Waals surface area contributed by atoms with Crippen LogP contribution < -0.4 is 10.6 Å². The van der Waals surface area contributed by atoms with Crippen molar-refractivity contribution in [2.45, 2.75) is 0 Å². The second-order valence-electron chi connectivity index (χ2n) is 4.04. The van der Waals surface area contributed by atoms with E-state index in [2.05, 4.69) is 26.0 Å². The molecule has 5 heteroatoms. The molecule has 0 saturated carbocycles. The average molecular weight is 320 g/mol. The molecular weight excluding hydrogens is 306 g/mol. The summed E-state index contributed by atoms with van der Waals surface area (Å²) in [5.41, 5.74) is 8.34. The predicted octanol–water partition coefficient (Wildman–Crippen LogP) is 3.31. The van der Waals surface area contributed by atoms with Crippen LogP contribution in [0.1, 0.15) is 5.56 Å². The highest BCUT2D eigenvalue weighted by atomic mass is 79.9. The van der Waals surface area contributed by atoms with E-state index >= 15 is 0 Å². The Labute approximate surface area is 120 Å². The first-order chi connectivity index (χ1) is 9.13. The summed E-state index contributed by atoms with van der Waals surface area (Å²) in [5.74, 6) is 0.0841. The number of nitrogens with zero attached hydrogens (tertiary/aromatic N) is 2. The lowest BCUT2D eigenvalue weighted by molar-refractivity contribution is 0.318. The smallest absolute Gasteiger partial charge is 0.171 e. The Hall–Kier alpha value is -2.01. The van der Waals surface area contributed by atoms with Crippen LogP contribution in [0.5, 0.6) is 0 Å². The Kier molecular flexibility index (Phi) is 4.06. The third-order valence-electron chi connectivity index (χ3n) is 2.87. The molecule has 3 N–H and O–H groups in total. The minimum atomic E-state index is 0.0841. The van der Waals surface area contributed by atoms with Gasteiger partial charge in [0.05, 0.1) is 0 Å². The van der Waals surface area contributed by atoms with Crippen LogP contribution in [0.2, 0.25) is 0 Å². The number of para-hydroxylation sites is 1. The normalized spacial score (nSPS) is 11.4. The van der Waals surface area contributed by atoms with Crippen LogP contribution in [0.4, 0.5) is 11.4 Å². The molecule has 2 aromatic carbocycles. The lowest BCUT2D eigenvalue weighted by Gasteiger charge is -2.20. The fraction of sp³-hybridized carbons (Fsp3) is 0.0714. The number of oxime groups is 1. The molecule has 0 atom stereocenters. The van der Waals surface area contributed by atoms with Gasteiger partial charge in [0.1, 0.15) is 0 Å². The molecule has 0 spiro atoms. The maximum absolute atomic E-state index is 8.70. The van der Waals surface area contributed by atoms with Gasteiger partial charge in [-0.15, -0.1) is 0 Å². The molecule has 0 aromatic heterocycles. The molecule has 98 valence electrons. The van der Waals surface area contributed by atoms with Crippen molar-refractivity contribution < 1.29 is 5.21 Å². The van der Waals surface area contributed by atoms with Crippen molar-refractivity contribution in [3.8, 4) is 0 Å². The topological polar surface area (TPSA) is 61.8 Å². The van der Waals surface area contributed by atoms with Crippen molar-refractivity contribution in [2.75, 3.05) is 11.9 Å². The molecule has 0 unspecified atom stereocenters. The van der Waals surface area contributed by atoms with E-state index in [1.54, 1.807) is 0 Å². The van der Waals surface area contributed by atoms with Gasteiger partial charge in [-0.25, -0.2) is 0 Å². The first-order valence-corrected chi connectivity index (χ1v) is 6.49. The summed E-state index contributed by atoms with van der Waals surface area (Å²) in [5, 5.41) is 11.7. The van der Waals surface area contributed by atoms with E-state index in [4.69, 9.17) is 10.9 Å². The molecule has 0 aliphatic carbocycles. The molecule has 0 saturated heterocycles. The van der Waals surface area contributed by atoms with Crippen molar-refractivity contribution in [3.05, 3.63) is 58.6 Å². The molecule has 0 amide bonds. The fourth-order valence-corrected chi connectivity index (χ4v) is 2.34.